The number of sulfonamides is 1. The Kier molecular flexibility index (Phi) is 11.3. The maximum Gasteiger partial charge on any atom is 0.264 e. The lowest BCUT2D eigenvalue weighted by molar-refractivity contribution is -0.140. The van der Waals surface area contributed by atoms with Gasteiger partial charge < -0.3 is 10.2 Å². The molecule has 1 atom stereocenters. The van der Waals surface area contributed by atoms with Crippen molar-refractivity contribution >= 4 is 62.3 Å². The molecule has 0 spiro atoms. The average molecular weight is 673 g/mol. The van der Waals surface area contributed by atoms with Crippen molar-refractivity contribution in [3.8, 4) is 0 Å². The minimum Gasteiger partial charge on any atom is -0.352 e. The van der Waals surface area contributed by atoms with Gasteiger partial charge in [-0.05, 0) is 79.6 Å². The number of carbonyl (C=O) groups excluding carboxylic acids is 2. The van der Waals surface area contributed by atoms with Crippen LogP contribution in [-0.4, -0.2) is 43.8 Å². The third-order valence-electron chi connectivity index (χ3n) is 6.72. The molecular formula is C33H32Cl3N3O4S. The van der Waals surface area contributed by atoms with Crippen LogP contribution in [-0.2, 0) is 32.6 Å². The molecule has 0 fully saturated rings. The average Bonchev–Trinajstić information content (AvgIpc) is 2.98. The summed E-state index contributed by atoms with van der Waals surface area (Å²) < 4.78 is 29.1. The molecule has 4 aromatic carbocycles. The molecule has 0 aromatic heterocycles. The van der Waals surface area contributed by atoms with E-state index >= 15 is 0 Å². The molecule has 4 aromatic rings. The lowest BCUT2D eigenvalue weighted by Crippen LogP contribution is -2.54. The van der Waals surface area contributed by atoms with E-state index in [-0.39, 0.29) is 35.5 Å². The highest BCUT2D eigenvalue weighted by atomic mass is 35.5. The second-order valence-electron chi connectivity index (χ2n) is 10.5. The first-order chi connectivity index (χ1) is 20.9. The van der Waals surface area contributed by atoms with Gasteiger partial charge in [0.15, 0.2) is 0 Å². The predicted molar refractivity (Wildman–Crippen MR) is 177 cm³/mol. The van der Waals surface area contributed by atoms with Crippen LogP contribution >= 0.6 is 34.8 Å². The smallest absolute Gasteiger partial charge is 0.264 e. The maximum absolute atomic E-state index is 14.4. The van der Waals surface area contributed by atoms with Gasteiger partial charge >= 0.3 is 0 Å². The van der Waals surface area contributed by atoms with Crippen LogP contribution in [0.3, 0.4) is 0 Å². The van der Waals surface area contributed by atoms with Gasteiger partial charge in [0.2, 0.25) is 11.8 Å². The van der Waals surface area contributed by atoms with Gasteiger partial charge in [0.1, 0.15) is 12.6 Å². The first-order valence-corrected chi connectivity index (χ1v) is 16.4. The zero-order valence-electron chi connectivity index (χ0n) is 24.2. The van der Waals surface area contributed by atoms with Crippen molar-refractivity contribution in [1.82, 2.24) is 10.2 Å². The third kappa shape index (κ3) is 8.76. The zero-order valence-corrected chi connectivity index (χ0v) is 27.2. The summed E-state index contributed by atoms with van der Waals surface area (Å²) >= 11 is 18.6. The molecule has 0 saturated carbocycles. The van der Waals surface area contributed by atoms with Crippen LogP contribution in [0.4, 0.5) is 5.69 Å². The molecule has 0 aliphatic carbocycles. The molecule has 0 heterocycles. The lowest BCUT2D eigenvalue weighted by atomic mass is 10.0. The number of amides is 2. The number of anilines is 1. The third-order valence-corrected chi connectivity index (χ3v) is 9.23. The summed E-state index contributed by atoms with van der Waals surface area (Å²) in [5.74, 6) is -0.962. The Morgan fingerprint density at radius 1 is 0.750 bits per heavy atom. The Morgan fingerprint density at radius 3 is 1.98 bits per heavy atom. The SMILES string of the molecule is CC(C)NC(=O)[C@H](Cc1ccccc1)N(Cc1cccc(Cl)c1)C(=O)CN(c1cccc(Cl)c1)S(=O)(=O)c1ccc(Cl)cc1. The van der Waals surface area contributed by atoms with E-state index in [1.165, 1.54) is 35.2 Å². The summed E-state index contributed by atoms with van der Waals surface area (Å²) in [6.45, 7) is 3.07. The van der Waals surface area contributed by atoms with Crippen LogP contribution in [0, 0.1) is 0 Å². The summed E-state index contributed by atoms with van der Waals surface area (Å²) in [4.78, 5) is 29.5. The Hall–Kier alpha value is -3.56. The van der Waals surface area contributed by atoms with E-state index in [1.807, 2.05) is 44.2 Å². The molecule has 2 amide bonds. The van der Waals surface area contributed by atoms with Crippen molar-refractivity contribution in [2.45, 2.75) is 43.8 Å². The minimum absolute atomic E-state index is 0.00673. The van der Waals surface area contributed by atoms with E-state index in [4.69, 9.17) is 34.8 Å². The van der Waals surface area contributed by atoms with Crippen molar-refractivity contribution in [3.63, 3.8) is 0 Å². The van der Waals surface area contributed by atoms with Gasteiger partial charge in [-0.15, -0.1) is 0 Å². The standard InChI is InChI=1S/C33H32Cl3N3O4S/c1-23(2)37-33(41)31(19-24-8-4-3-5-9-24)38(21-25-10-6-11-27(35)18-25)32(40)22-39(29-13-7-12-28(36)20-29)44(42,43)30-16-14-26(34)15-17-30/h3-18,20,23,31H,19,21-22H2,1-2H3,(H,37,41)/t31-/m0/s1. The fraction of sp³-hybridized carbons (Fsp3) is 0.212. The van der Waals surface area contributed by atoms with Gasteiger partial charge in [0.05, 0.1) is 10.6 Å². The van der Waals surface area contributed by atoms with Crippen molar-refractivity contribution in [2.75, 3.05) is 10.8 Å². The Labute approximate surface area is 273 Å². The number of nitrogens with zero attached hydrogens (tertiary/aromatic N) is 2. The second-order valence-corrected chi connectivity index (χ2v) is 13.6. The van der Waals surface area contributed by atoms with Gasteiger partial charge in [-0.25, -0.2) is 8.42 Å². The van der Waals surface area contributed by atoms with E-state index in [9.17, 15) is 18.0 Å². The van der Waals surface area contributed by atoms with E-state index in [1.54, 1.807) is 42.5 Å². The number of nitrogens with one attached hydrogen (secondary N) is 1. The number of carbonyl (C=O) groups is 2. The van der Waals surface area contributed by atoms with Crippen molar-refractivity contribution in [1.29, 1.82) is 0 Å². The highest BCUT2D eigenvalue weighted by Gasteiger charge is 2.35. The van der Waals surface area contributed by atoms with Crippen molar-refractivity contribution in [3.05, 3.63) is 129 Å². The fourth-order valence-electron chi connectivity index (χ4n) is 4.66. The summed E-state index contributed by atoms with van der Waals surface area (Å²) in [5.41, 5.74) is 1.70. The normalized spacial score (nSPS) is 12.0. The Bertz CT molecular complexity index is 1700. The lowest BCUT2D eigenvalue weighted by Gasteiger charge is -2.34. The predicted octanol–water partition coefficient (Wildman–Crippen LogP) is 7.01. The summed E-state index contributed by atoms with van der Waals surface area (Å²) in [5, 5.41) is 4.05. The molecule has 4 rings (SSSR count). The highest BCUT2D eigenvalue weighted by Crippen LogP contribution is 2.28. The highest BCUT2D eigenvalue weighted by molar-refractivity contribution is 7.92. The molecule has 1 N–H and O–H groups in total. The van der Waals surface area contributed by atoms with Crippen molar-refractivity contribution in [2.24, 2.45) is 0 Å². The second kappa shape index (κ2) is 14.9. The molecule has 11 heteroatoms. The van der Waals surface area contributed by atoms with Gasteiger partial charge in [-0.2, -0.15) is 0 Å². The van der Waals surface area contributed by atoms with E-state index in [0.29, 0.717) is 20.6 Å². The van der Waals surface area contributed by atoms with Crippen molar-refractivity contribution < 1.29 is 18.0 Å². The Balaban J connectivity index is 1.81. The molecule has 44 heavy (non-hydrogen) atoms. The molecule has 230 valence electrons. The molecule has 0 radical (unpaired) electrons. The summed E-state index contributed by atoms with van der Waals surface area (Å²) in [6.07, 6.45) is 0.201. The molecule has 0 unspecified atom stereocenters. The zero-order chi connectivity index (χ0) is 31.9. The largest absolute Gasteiger partial charge is 0.352 e. The van der Waals surface area contributed by atoms with Crippen LogP contribution in [0.1, 0.15) is 25.0 Å². The van der Waals surface area contributed by atoms with E-state index in [0.717, 1.165) is 9.87 Å². The quantitative estimate of drug-likeness (QED) is 0.176. The minimum atomic E-state index is -4.27. The maximum atomic E-state index is 14.4. The Morgan fingerprint density at radius 2 is 1.36 bits per heavy atom. The molecule has 0 saturated heterocycles. The van der Waals surface area contributed by atoms with Crippen LogP contribution < -0.4 is 9.62 Å². The van der Waals surface area contributed by atoms with Crippen LogP contribution in [0.2, 0.25) is 15.1 Å². The molecule has 0 aliphatic heterocycles. The first-order valence-electron chi connectivity index (χ1n) is 13.9. The fourth-order valence-corrected chi connectivity index (χ4v) is 6.59. The van der Waals surface area contributed by atoms with Gasteiger partial charge in [0.25, 0.3) is 10.0 Å². The van der Waals surface area contributed by atoms with Gasteiger partial charge in [-0.3, -0.25) is 13.9 Å². The van der Waals surface area contributed by atoms with Crippen LogP contribution in [0.25, 0.3) is 0 Å². The topological polar surface area (TPSA) is 86.8 Å². The number of benzene rings is 4. The number of rotatable bonds is 12. The number of hydrogen-bond acceptors (Lipinski definition) is 4. The molecule has 7 nitrogen and oxygen atoms in total. The first kappa shape index (κ1) is 33.3. The number of halogens is 3. The molecule has 0 bridgehead atoms. The van der Waals surface area contributed by atoms with Crippen LogP contribution in [0.15, 0.2) is 108 Å². The molecule has 0 aliphatic rings. The number of hydrogen-bond donors (Lipinski definition) is 1. The van der Waals surface area contributed by atoms with E-state index in [2.05, 4.69) is 5.32 Å². The summed E-state index contributed by atoms with van der Waals surface area (Å²) in [7, 11) is -4.27. The van der Waals surface area contributed by atoms with Gasteiger partial charge in [-0.1, -0.05) is 83.3 Å². The monoisotopic (exact) mass is 671 g/mol. The molecular weight excluding hydrogens is 641 g/mol. The van der Waals surface area contributed by atoms with Crippen LogP contribution in [0.5, 0.6) is 0 Å². The van der Waals surface area contributed by atoms with E-state index < -0.39 is 28.5 Å². The van der Waals surface area contributed by atoms with Gasteiger partial charge in [0, 0.05) is 34.1 Å². The summed E-state index contributed by atoms with van der Waals surface area (Å²) in [6, 6.07) is 27.0.